The molecule has 2 aliphatic rings. The van der Waals surface area contributed by atoms with Gasteiger partial charge in [0.15, 0.2) is 23.0 Å². The molecule has 0 saturated heterocycles. The van der Waals surface area contributed by atoms with E-state index in [4.69, 9.17) is 14.2 Å². The highest BCUT2D eigenvalue weighted by atomic mass is 16.5. The number of aromatic hydroxyl groups is 1. The van der Waals surface area contributed by atoms with Crippen molar-refractivity contribution in [3.8, 4) is 23.0 Å². The Morgan fingerprint density at radius 2 is 1.60 bits per heavy atom. The molecule has 0 radical (unpaired) electrons. The average molecular weight is 340 g/mol. The molecule has 2 atom stereocenters. The molecule has 2 aliphatic heterocycles. The van der Waals surface area contributed by atoms with Crippen LogP contribution < -0.4 is 29.5 Å². The van der Waals surface area contributed by atoms with Crippen LogP contribution in [0.3, 0.4) is 0 Å². The van der Waals surface area contributed by atoms with Crippen molar-refractivity contribution >= 4 is 12.3 Å². The van der Waals surface area contributed by atoms with Gasteiger partial charge in [0, 0.05) is 17.2 Å². The summed E-state index contributed by atoms with van der Waals surface area (Å²) < 4.78 is 16.1. The van der Waals surface area contributed by atoms with Crippen LogP contribution in [0.25, 0.3) is 12.3 Å². The van der Waals surface area contributed by atoms with E-state index in [2.05, 4.69) is 12.3 Å². The molecule has 0 aromatic heterocycles. The topological polar surface area (TPSA) is 52.4 Å². The monoisotopic (exact) mass is 340 g/mol. The van der Waals surface area contributed by atoms with E-state index in [1.165, 1.54) is 10.5 Å². The molecule has 5 nitrogen and oxygen atoms in total. The summed E-state index contributed by atoms with van der Waals surface area (Å²) in [5.41, 5.74) is 2.38. The Balaban J connectivity index is 1.87. The van der Waals surface area contributed by atoms with E-state index in [1.807, 2.05) is 24.3 Å². The minimum Gasteiger partial charge on any atom is -0.504 e. The normalized spacial score (nSPS) is 20.3. The molecule has 0 saturated carbocycles. The summed E-state index contributed by atoms with van der Waals surface area (Å²) in [6.07, 6.45) is 5.44. The molecule has 130 valence electrons. The predicted molar refractivity (Wildman–Crippen MR) is 94.7 cm³/mol. The number of fused-ring (bicyclic) bond motifs is 4. The smallest absolute Gasteiger partial charge is 0.161 e. The maximum absolute atomic E-state index is 10.2. The van der Waals surface area contributed by atoms with Gasteiger partial charge in [0.1, 0.15) is 12.2 Å². The fourth-order valence-electron chi connectivity index (χ4n) is 3.85. The first-order valence-corrected chi connectivity index (χ1v) is 8.35. The zero-order valence-corrected chi connectivity index (χ0v) is 14.6. The molecule has 0 aliphatic carbocycles. The molecule has 0 spiro atoms. The van der Waals surface area contributed by atoms with Crippen LogP contribution in [0.2, 0.25) is 0 Å². The number of benzene rings is 2. The third kappa shape index (κ3) is 2.51. The number of quaternary nitrogens is 1. The molecule has 25 heavy (non-hydrogen) atoms. The Bertz CT molecular complexity index is 951. The van der Waals surface area contributed by atoms with Gasteiger partial charge in [-0.3, -0.25) is 4.90 Å². The van der Waals surface area contributed by atoms with Crippen LogP contribution in [0.1, 0.15) is 17.2 Å². The second-order valence-corrected chi connectivity index (χ2v) is 6.42. The van der Waals surface area contributed by atoms with Crippen LogP contribution >= 0.6 is 0 Å². The zero-order valence-electron chi connectivity index (χ0n) is 14.6. The van der Waals surface area contributed by atoms with Crippen LogP contribution in [0.4, 0.5) is 0 Å². The highest BCUT2D eigenvalue weighted by Crippen LogP contribution is 2.34. The molecule has 2 aromatic carbocycles. The van der Waals surface area contributed by atoms with Crippen molar-refractivity contribution < 1.29 is 24.2 Å². The predicted octanol–water partition coefficient (Wildman–Crippen LogP) is 0.132. The fraction of sp³-hybridized carbons (Fsp3) is 0.300. The maximum atomic E-state index is 10.2. The van der Waals surface area contributed by atoms with Gasteiger partial charge < -0.3 is 19.3 Å². The SMILES string of the molecule is COc1cc2c(cc1O)C1C=c3cc(OC)c(OC)cc3=C[NH+]1CC2. The Morgan fingerprint density at radius 1 is 0.920 bits per heavy atom. The second kappa shape index (κ2) is 6.01. The first-order valence-electron chi connectivity index (χ1n) is 8.35. The van der Waals surface area contributed by atoms with E-state index >= 15 is 0 Å². The van der Waals surface area contributed by atoms with Gasteiger partial charge in [-0.2, -0.15) is 0 Å². The first kappa shape index (κ1) is 15.8. The van der Waals surface area contributed by atoms with E-state index < -0.39 is 0 Å². The second-order valence-electron chi connectivity index (χ2n) is 6.42. The number of methoxy groups -OCH3 is 3. The van der Waals surface area contributed by atoms with Gasteiger partial charge in [0.2, 0.25) is 0 Å². The van der Waals surface area contributed by atoms with E-state index in [0.717, 1.165) is 40.5 Å². The van der Waals surface area contributed by atoms with Crippen molar-refractivity contribution in [1.82, 2.24) is 0 Å². The lowest BCUT2D eigenvalue weighted by atomic mass is 9.90. The van der Waals surface area contributed by atoms with Crippen LogP contribution in [0.5, 0.6) is 23.0 Å². The zero-order chi connectivity index (χ0) is 17.6. The van der Waals surface area contributed by atoms with Gasteiger partial charge in [0.05, 0.1) is 27.9 Å². The lowest BCUT2D eigenvalue weighted by Crippen LogP contribution is -3.09. The number of nitrogens with one attached hydrogen (secondary N) is 1. The Morgan fingerprint density at radius 3 is 2.28 bits per heavy atom. The van der Waals surface area contributed by atoms with Crippen LogP contribution in [-0.2, 0) is 6.42 Å². The Kier molecular flexibility index (Phi) is 3.81. The minimum atomic E-state index is 0.172. The summed E-state index contributed by atoms with van der Waals surface area (Å²) in [5.74, 6) is 2.19. The number of hydrogen-bond donors (Lipinski definition) is 2. The van der Waals surface area contributed by atoms with E-state index in [9.17, 15) is 5.11 Å². The maximum Gasteiger partial charge on any atom is 0.161 e. The quantitative estimate of drug-likeness (QED) is 0.834. The number of phenols is 1. The van der Waals surface area contributed by atoms with Gasteiger partial charge in [-0.25, -0.2) is 0 Å². The molecule has 5 heteroatoms. The summed E-state index contributed by atoms with van der Waals surface area (Å²) in [7, 11) is 4.88. The molecular weight excluding hydrogens is 318 g/mol. The number of hydrogen-bond acceptors (Lipinski definition) is 4. The van der Waals surface area contributed by atoms with Crippen molar-refractivity contribution in [3.05, 3.63) is 45.8 Å². The van der Waals surface area contributed by atoms with Crippen molar-refractivity contribution in [2.45, 2.75) is 12.5 Å². The van der Waals surface area contributed by atoms with Gasteiger partial charge in [-0.15, -0.1) is 0 Å². The average Bonchev–Trinajstić information content (AvgIpc) is 2.64. The minimum absolute atomic E-state index is 0.172. The van der Waals surface area contributed by atoms with E-state index in [-0.39, 0.29) is 11.8 Å². The van der Waals surface area contributed by atoms with Crippen molar-refractivity contribution in [2.75, 3.05) is 27.9 Å². The Hall–Kier alpha value is -2.66. The third-order valence-electron chi connectivity index (χ3n) is 5.13. The molecule has 0 bridgehead atoms. The van der Waals surface area contributed by atoms with Gasteiger partial charge in [-0.1, -0.05) is 0 Å². The first-order chi connectivity index (χ1) is 12.1. The standard InChI is InChI=1S/C20H21NO4/c1-23-18-7-12-4-5-21-11-14-9-20(25-3)19(24-2)8-13(14)6-16(21)15(12)10-17(18)22/h6-11,16,22H,4-5H2,1-3H3/p+1. The van der Waals surface area contributed by atoms with Crippen LogP contribution in [-0.4, -0.2) is 33.0 Å². The van der Waals surface area contributed by atoms with E-state index in [1.54, 1.807) is 21.3 Å². The highest BCUT2D eigenvalue weighted by molar-refractivity contribution is 5.54. The summed E-state index contributed by atoms with van der Waals surface area (Å²) in [6.45, 7) is 0.996. The number of ether oxygens (including phenoxy) is 3. The van der Waals surface area contributed by atoms with Crippen molar-refractivity contribution in [2.24, 2.45) is 0 Å². The van der Waals surface area contributed by atoms with Crippen LogP contribution in [0.15, 0.2) is 24.3 Å². The fourth-order valence-corrected chi connectivity index (χ4v) is 3.85. The number of rotatable bonds is 3. The summed E-state index contributed by atoms with van der Waals surface area (Å²) >= 11 is 0. The summed E-state index contributed by atoms with van der Waals surface area (Å²) in [5, 5.41) is 12.5. The number of phenolic OH excluding ortho intramolecular Hbond substituents is 1. The van der Waals surface area contributed by atoms with E-state index in [0.29, 0.717) is 5.75 Å². The van der Waals surface area contributed by atoms with Crippen LogP contribution in [0, 0.1) is 0 Å². The molecule has 0 amide bonds. The van der Waals surface area contributed by atoms with Gasteiger partial charge in [-0.05, 0) is 41.1 Å². The highest BCUT2D eigenvalue weighted by Gasteiger charge is 2.31. The van der Waals surface area contributed by atoms with Crippen molar-refractivity contribution in [1.29, 1.82) is 0 Å². The molecule has 2 heterocycles. The van der Waals surface area contributed by atoms with Gasteiger partial charge >= 0.3 is 0 Å². The lowest BCUT2D eigenvalue weighted by Gasteiger charge is -2.32. The summed E-state index contributed by atoms with van der Waals surface area (Å²) in [6, 6.07) is 8.01. The Labute approximate surface area is 146 Å². The summed E-state index contributed by atoms with van der Waals surface area (Å²) in [4.78, 5) is 1.36. The van der Waals surface area contributed by atoms with Gasteiger partial charge in [0.25, 0.3) is 0 Å². The van der Waals surface area contributed by atoms with Crippen molar-refractivity contribution in [3.63, 3.8) is 0 Å². The molecule has 0 fully saturated rings. The molecule has 4 rings (SSSR count). The molecule has 2 aromatic rings. The molecule has 2 N–H and O–H groups in total. The lowest BCUT2D eigenvalue weighted by molar-refractivity contribution is -0.844. The third-order valence-corrected chi connectivity index (χ3v) is 5.13. The largest absolute Gasteiger partial charge is 0.504 e. The molecule has 2 unspecified atom stereocenters. The molecular formula is C20H22NO4+.